The Kier molecular flexibility index (Phi) is 8.42. The lowest BCUT2D eigenvalue weighted by Crippen LogP contribution is -2.00. The van der Waals surface area contributed by atoms with E-state index >= 15 is 0 Å². The van der Waals surface area contributed by atoms with Gasteiger partial charge in [-0.05, 0) is 88.0 Å². The molecule has 0 aliphatic carbocycles. The third kappa shape index (κ3) is 6.14. The van der Waals surface area contributed by atoms with E-state index in [0.29, 0.717) is 17.5 Å². The van der Waals surface area contributed by atoms with E-state index in [4.69, 9.17) is 19.4 Å². The number of nitrogens with zero attached hydrogens (tertiary/aromatic N) is 4. The molecule has 0 fully saturated rings. The number of para-hydroxylation sites is 3. The summed E-state index contributed by atoms with van der Waals surface area (Å²) in [6.45, 7) is 0. The topological polar surface area (TPSA) is 56.7 Å². The van der Waals surface area contributed by atoms with Crippen molar-refractivity contribution in [1.29, 1.82) is 0 Å². The molecule has 0 aliphatic heterocycles. The highest BCUT2D eigenvalue weighted by Crippen LogP contribution is 2.42. The summed E-state index contributed by atoms with van der Waals surface area (Å²) in [4.78, 5) is 15.7. The van der Waals surface area contributed by atoms with E-state index in [9.17, 15) is 0 Å². The van der Waals surface area contributed by atoms with Crippen molar-refractivity contribution >= 4 is 43.7 Å². The van der Waals surface area contributed by atoms with Gasteiger partial charge in [0, 0.05) is 43.9 Å². The second-order valence-electron chi connectivity index (χ2n) is 15.6. The van der Waals surface area contributed by atoms with Crippen molar-refractivity contribution in [2.75, 3.05) is 0 Å². The Morgan fingerprint density at radius 2 is 0.839 bits per heavy atom. The van der Waals surface area contributed by atoms with Gasteiger partial charge in [-0.2, -0.15) is 0 Å². The fourth-order valence-electron chi connectivity index (χ4n) is 8.88. The summed E-state index contributed by atoms with van der Waals surface area (Å²) in [7, 11) is 0. The number of rotatable bonds is 7. The summed E-state index contributed by atoms with van der Waals surface area (Å²) in [6.07, 6.45) is 0. The first-order valence-corrected chi connectivity index (χ1v) is 20.8. The van der Waals surface area contributed by atoms with Gasteiger partial charge in [0.1, 0.15) is 11.2 Å². The van der Waals surface area contributed by atoms with Gasteiger partial charge < -0.3 is 8.98 Å². The zero-order valence-corrected chi connectivity index (χ0v) is 33.5. The van der Waals surface area contributed by atoms with Gasteiger partial charge >= 0.3 is 0 Å². The maximum atomic E-state index is 6.67. The molecule has 0 radical (unpaired) electrons. The van der Waals surface area contributed by atoms with Crippen LogP contribution in [0.4, 0.5) is 0 Å². The van der Waals surface area contributed by atoms with Crippen molar-refractivity contribution in [3.63, 3.8) is 0 Å². The van der Waals surface area contributed by atoms with Crippen LogP contribution in [0.5, 0.6) is 0 Å². The smallest absolute Gasteiger partial charge is 0.164 e. The summed E-state index contributed by atoms with van der Waals surface area (Å²) in [5.41, 5.74) is 14.3. The maximum absolute atomic E-state index is 6.67. The minimum atomic E-state index is 0.563. The van der Waals surface area contributed by atoms with Crippen LogP contribution in [0.2, 0.25) is 0 Å². The predicted molar refractivity (Wildman–Crippen MR) is 254 cm³/mol. The third-order valence-electron chi connectivity index (χ3n) is 11.8. The number of benzene rings is 9. The Balaban J connectivity index is 1.07. The molecule has 9 aromatic carbocycles. The lowest BCUT2D eigenvalue weighted by atomic mass is 9.95. The summed E-state index contributed by atoms with van der Waals surface area (Å²) < 4.78 is 9.02. The van der Waals surface area contributed by atoms with E-state index in [1.165, 1.54) is 10.8 Å². The van der Waals surface area contributed by atoms with Crippen LogP contribution in [0.15, 0.2) is 223 Å². The van der Waals surface area contributed by atoms with Crippen LogP contribution < -0.4 is 0 Å². The molecule has 0 unspecified atom stereocenters. The molecule has 0 N–H and O–H groups in total. The summed E-state index contributed by atoms with van der Waals surface area (Å²) in [5, 5.41) is 4.48. The number of hydrogen-bond donors (Lipinski definition) is 0. The molecule has 12 aromatic rings. The first-order chi connectivity index (χ1) is 30.7. The number of fused-ring (bicyclic) bond motifs is 6. The molecule has 290 valence electrons. The lowest BCUT2D eigenvalue weighted by molar-refractivity contribution is 0.669. The number of aromatic nitrogens is 4. The molecule has 3 heterocycles. The van der Waals surface area contributed by atoms with Gasteiger partial charge in [-0.25, -0.2) is 15.0 Å². The quantitative estimate of drug-likeness (QED) is 0.161. The summed E-state index contributed by atoms with van der Waals surface area (Å²) in [6, 6.07) is 76.3. The minimum Gasteiger partial charge on any atom is -0.456 e. The van der Waals surface area contributed by atoms with Gasteiger partial charge in [-0.1, -0.05) is 164 Å². The minimum absolute atomic E-state index is 0.563. The SMILES string of the molecule is c1ccc(-c2ccc(-c3nc(-c4cccc(-c5ccccc5)c4)nc(-c4cc(-c5ccc6c(c5)c5ccccc5n6-c5ccccc5)c5c(c4)oc4ccccc45)n3)cc2)cc1. The molecule has 62 heavy (non-hydrogen) atoms. The van der Waals surface area contributed by atoms with Crippen LogP contribution in [0, 0.1) is 0 Å². The van der Waals surface area contributed by atoms with Crippen LogP contribution in [-0.4, -0.2) is 19.5 Å². The fraction of sp³-hybridized carbons (Fsp3) is 0. The lowest BCUT2D eigenvalue weighted by Gasteiger charge is -2.12. The van der Waals surface area contributed by atoms with Crippen molar-refractivity contribution in [3.8, 4) is 73.2 Å². The molecule has 0 saturated carbocycles. The van der Waals surface area contributed by atoms with Gasteiger partial charge in [0.2, 0.25) is 0 Å². The number of hydrogen-bond acceptors (Lipinski definition) is 4. The molecule has 0 amide bonds. The van der Waals surface area contributed by atoms with Crippen molar-refractivity contribution < 1.29 is 4.42 Å². The molecule has 0 atom stereocenters. The molecular weight excluding hydrogens is 757 g/mol. The molecule has 0 saturated heterocycles. The molecule has 3 aromatic heterocycles. The van der Waals surface area contributed by atoms with Crippen LogP contribution in [0.1, 0.15) is 0 Å². The number of furan rings is 1. The molecule has 5 heteroatoms. The highest BCUT2D eigenvalue weighted by Gasteiger charge is 2.20. The van der Waals surface area contributed by atoms with E-state index in [2.05, 4.69) is 199 Å². The van der Waals surface area contributed by atoms with Crippen molar-refractivity contribution in [2.24, 2.45) is 0 Å². The molecule has 12 rings (SSSR count). The van der Waals surface area contributed by atoms with Gasteiger partial charge in [0.25, 0.3) is 0 Å². The first-order valence-electron chi connectivity index (χ1n) is 20.8. The predicted octanol–water partition coefficient (Wildman–Crippen LogP) is 14.9. The first kappa shape index (κ1) is 35.5. The van der Waals surface area contributed by atoms with Crippen LogP contribution in [0.3, 0.4) is 0 Å². The molecular formula is C57H36N4O. The van der Waals surface area contributed by atoms with E-state index < -0.39 is 0 Å². The van der Waals surface area contributed by atoms with Crippen LogP contribution >= 0.6 is 0 Å². The monoisotopic (exact) mass is 792 g/mol. The van der Waals surface area contributed by atoms with E-state index in [-0.39, 0.29) is 0 Å². The maximum Gasteiger partial charge on any atom is 0.164 e. The highest BCUT2D eigenvalue weighted by molar-refractivity contribution is 6.16. The Morgan fingerprint density at radius 1 is 0.306 bits per heavy atom. The van der Waals surface area contributed by atoms with Crippen molar-refractivity contribution in [3.05, 3.63) is 218 Å². The largest absolute Gasteiger partial charge is 0.456 e. The Morgan fingerprint density at radius 3 is 1.60 bits per heavy atom. The standard InChI is InChI=1S/C57H36N4O/c1-4-15-37(16-5-1)39-27-29-40(30-28-39)55-58-56(43-20-14-19-41(33-43)38-17-6-2-7-18-38)60-57(59-55)44-35-48(54-47-24-11-13-26-52(47)62-53(54)36-44)42-31-32-51-49(34-42)46-23-10-12-25-50(46)61(51)45-21-8-3-9-22-45/h1-36H. The third-order valence-corrected chi connectivity index (χ3v) is 11.8. The molecule has 0 bridgehead atoms. The average molecular weight is 793 g/mol. The van der Waals surface area contributed by atoms with Gasteiger partial charge in [-0.3, -0.25) is 0 Å². The van der Waals surface area contributed by atoms with Crippen molar-refractivity contribution in [1.82, 2.24) is 19.5 Å². The highest BCUT2D eigenvalue weighted by atomic mass is 16.3. The molecule has 0 aliphatic rings. The molecule has 0 spiro atoms. The Bertz CT molecular complexity index is 3610. The summed E-state index contributed by atoms with van der Waals surface area (Å²) in [5.74, 6) is 1.75. The van der Waals surface area contributed by atoms with Gasteiger partial charge in [0.15, 0.2) is 17.5 Å². The second-order valence-corrected chi connectivity index (χ2v) is 15.6. The second kappa shape index (κ2) is 14.7. The van der Waals surface area contributed by atoms with Crippen LogP contribution in [-0.2, 0) is 0 Å². The average Bonchev–Trinajstić information content (AvgIpc) is 3.90. The van der Waals surface area contributed by atoms with Crippen LogP contribution in [0.25, 0.3) is 117 Å². The van der Waals surface area contributed by atoms with Gasteiger partial charge in [0.05, 0.1) is 11.0 Å². The zero-order valence-electron chi connectivity index (χ0n) is 33.5. The van der Waals surface area contributed by atoms with E-state index in [0.717, 1.165) is 88.7 Å². The van der Waals surface area contributed by atoms with Crippen molar-refractivity contribution in [2.45, 2.75) is 0 Å². The fourth-order valence-corrected chi connectivity index (χ4v) is 8.88. The zero-order chi connectivity index (χ0) is 41.0. The summed E-state index contributed by atoms with van der Waals surface area (Å²) >= 11 is 0. The van der Waals surface area contributed by atoms with E-state index in [1.54, 1.807) is 0 Å². The van der Waals surface area contributed by atoms with Gasteiger partial charge in [-0.15, -0.1) is 0 Å². The molecule has 5 nitrogen and oxygen atoms in total. The normalized spacial score (nSPS) is 11.5. The Labute approximate surface area is 357 Å². The van der Waals surface area contributed by atoms with E-state index in [1.807, 2.05) is 24.3 Å². The Hall–Kier alpha value is -8.41.